The van der Waals surface area contributed by atoms with Crippen LogP contribution in [0, 0.1) is 0 Å². The Bertz CT molecular complexity index is 314. The lowest BCUT2D eigenvalue weighted by Crippen LogP contribution is -2.24. The molecule has 0 aliphatic carbocycles. The molecule has 1 amide bonds. The van der Waals surface area contributed by atoms with Crippen LogP contribution in [0.25, 0.3) is 0 Å². The number of nitrogens with zero attached hydrogens (tertiary/aromatic N) is 2. The first-order valence-corrected chi connectivity index (χ1v) is 6.82. The average Bonchev–Trinajstić information content (AvgIpc) is 2.67. The zero-order valence-corrected chi connectivity index (χ0v) is 10.6. The minimum absolute atomic E-state index is 0.107. The van der Waals surface area contributed by atoms with Gasteiger partial charge in [0.2, 0.25) is 5.01 Å². The Morgan fingerprint density at radius 3 is 2.93 bits per heavy atom. The highest BCUT2D eigenvalue weighted by Crippen LogP contribution is 2.21. The standard InChI is InChI=1S/C9H15N3OS2/c1-3-5-6-10-7(13)8-11-12-9(15-8)14-4-2/h3-6H2,1-2H3,(H,10,13). The summed E-state index contributed by atoms with van der Waals surface area (Å²) in [7, 11) is 0. The Labute approximate surface area is 97.9 Å². The van der Waals surface area contributed by atoms with Gasteiger partial charge >= 0.3 is 0 Å². The number of carbonyl (C=O) groups excluding carboxylic acids is 1. The van der Waals surface area contributed by atoms with Crippen LogP contribution in [-0.4, -0.2) is 28.4 Å². The molecule has 0 aliphatic rings. The highest BCUT2D eigenvalue weighted by molar-refractivity contribution is 8.01. The maximum atomic E-state index is 11.5. The van der Waals surface area contributed by atoms with Gasteiger partial charge in [0.25, 0.3) is 5.91 Å². The molecule has 6 heteroatoms. The van der Waals surface area contributed by atoms with Crippen LogP contribution < -0.4 is 5.32 Å². The maximum Gasteiger partial charge on any atom is 0.282 e. The van der Waals surface area contributed by atoms with Gasteiger partial charge in [0, 0.05) is 6.54 Å². The van der Waals surface area contributed by atoms with Crippen molar-refractivity contribution >= 4 is 29.0 Å². The van der Waals surface area contributed by atoms with E-state index in [-0.39, 0.29) is 5.91 Å². The molecule has 1 N–H and O–H groups in total. The van der Waals surface area contributed by atoms with Crippen LogP contribution in [0.15, 0.2) is 4.34 Å². The van der Waals surface area contributed by atoms with Crippen molar-refractivity contribution in [3.8, 4) is 0 Å². The van der Waals surface area contributed by atoms with Gasteiger partial charge in [-0.15, -0.1) is 10.2 Å². The van der Waals surface area contributed by atoms with Crippen molar-refractivity contribution in [3.63, 3.8) is 0 Å². The van der Waals surface area contributed by atoms with E-state index in [0.29, 0.717) is 11.6 Å². The number of unbranched alkanes of at least 4 members (excludes halogenated alkanes) is 1. The fourth-order valence-corrected chi connectivity index (χ4v) is 2.60. The number of thioether (sulfide) groups is 1. The van der Waals surface area contributed by atoms with Gasteiger partial charge < -0.3 is 5.32 Å². The predicted octanol–water partition coefficient (Wildman–Crippen LogP) is 2.18. The molecule has 1 rings (SSSR count). The molecule has 0 saturated heterocycles. The number of amides is 1. The first kappa shape index (κ1) is 12.4. The van der Waals surface area contributed by atoms with E-state index in [4.69, 9.17) is 0 Å². The van der Waals surface area contributed by atoms with E-state index in [9.17, 15) is 4.79 Å². The Kier molecular flexibility index (Phi) is 5.63. The molecule has 0 bridgehead atoms. The van der Waals surface area contributed by atoms with Crippen LogP contribution in [0.3, 0.4) is 0 Å². The molecule has 0 fully saturated rings. The van der Waals surface area contributed by atoms with Crippen molar-refractivity contribution in [1.29, 1.82) is 0 Å². The summed E-state index contributed by atoms with van der Waals surface area (Å²) in [5.41, 5.74) is 0. The van der Waals surface area contributed by atoms with E-state index in [1.54, 1.807) is 11.8 Å². The van der Waals surface area contributed by atoms with E-state index in [0.717, 1.165) is 22.9 Å². The van der Waals surface area contributed by atoms with Gasteiger partial charge in [-0.1, -0.05) is 43.4 Å². The smallest absolute Gasteiger partial charge is 0.282 e. The summed E-state index contributed by atoms with van der Waals surface area (Å²) in [5, 5.41) is 11.1. The van der Waals surface area contributed by atoms with Gasteiger partial charge in [-0.05, 0) is 12.2 Å². The fraction of sp³-hybridized carbons (Fsp3) is 0.667. The van der Waals surface area contributed by atoms with E-state index in [2.05, 4.69) is 22.4 Å². The SMILES string of the molecule is CCCCNC(=O)c1nnc(SCC)s1. The number of rotatable bonds is 6. The van der Waals surface area contributed by atoms with Crippen LogP contribution in [0.2, 0.25) is 0 Å². The zero-order chi connectivity index (χ0) is 11.1. The summed E-state index contributed by atoms with van der Waals surface area (Å²) in [6, 6.07) is 0. The summed E-state index contributed by atoms with van der Waals surface area (Å²) in [4.78, 5) is 11.5. The molecule has 0 atom stereocenters. The summed E-state index contributed by atoms with van der Waals surface area (Å²) in [6.45, 7) is 4.85. The normalized spacial score (nSPS) is 10.3. The lowest BCUT2D eigenvalue weighted by atomic mass is 10.3. The third-order valence-corrected chi connectivity index (χ3v) is 3.62. The van der Waals surface area contributed by atoms with Gasteiger partial charge in [0.1, 0.15) is 0 Å². The van der Waals surface area contributed by atoms with Crippen molar-refractivity contribution in [2.75, 3.05) is 12.3 Å². The number of hydrogen-bond acceptors (Lipinski definition) is 5. The summed E-state index contributed by atoms with van der Waals surface area (Å²) < 4.78 is 0.859. The topological polar surface area (TPSA) is 54.9 Å². The molecule has 0 spiro atoms. The highest BCUT2D eigenvalue weighted by Gasteiger charge is 2.11. The molecule has 84 valence electrons. The third-order valence-electron chi connectivity index (χ3n) is 1.68. The summed E-state index contributed by atoms with van der Waals surface area (Å²) >= 11 is 2.96. The second kappa shape index (κ2) is 6.79. The Balaban J connectivity index is 2.43. The lowest BCUT2D eigenvalue weighted by Gasteiger charge is -1.99. The molecular weight excluding hydrogens is 230 g/mol. The first-order chi connectivity index (χ1) is 7.27. The largest absolute Gasteiger partial charge is 0.350 e. The van der Waals surface area contributed by atoms with Gasteiger partial charge in [0.05, 0.1) is 0 Å². The minimum atomic E-state index is -0.107. The Morgan fingerprint density at radius 2 is 2.27 bits per heavy atom. The van der Waals surface area contributed by atoms with Crippen molar-refractivity contribution < 1.29 is 4.79 Å². The average molecular weight is 245 g/mol. The first-order valence-electron chi connectivity index (χ1n) is 5.02. The minimum Gasteiger partial charge on any atom is -0.350 e. The third kappa shape index (κ3) is 4.17. The molecule has 1 aromatic heterocycles. The number of aromatic nitrogens is 2. The molecule has 0 radical (unpaired) electrons. The van der Waals surface area contributed by atoms with Crippen LogP contribution in [0.5, 0.6) is 0 Å². The molecule has 0 saturated carbocycles. The van der Waals surface area contributed by atoms with Crippen LogP contribution in [-0.2, 0) is 0 Å². The number of hydrogen-bond donors (Lipinski definition) is 1. The summed E-state index contributed by atoms with van der Waals surface area (Å²) in [5.74, 6) is 0.843. The Morgan fingerprint density at radius 1 is 1.47 bits per heavy atom. The van der Waals surface area contributed by atoms with Crippen LogP contribution >= 0.6 is 23.1 Å². The molecule has 1 heterocycles. The molecule has 0 aromatic carbocycles. The number of carbonyl (C=O) groups is 1. The van der Waals surface area contributed by atoms with E-state index in [1.807, 2.05) is 6.92 Å². The molecular formula is C9H15N3OS2. The van der Waals surface area contributed by atoms with Crippen molar-refractivity contribution in [2.45, 2.75) is 31.0 Å². The second-order valence-corrected chi connectivity index (χ2v) is 5.40. The van der Waals surface area contributed by atoms with E-state index in [1.165, 1.54) is 11.3 Å². The van der Waals surface area contributed by atoms with Crippen molar-refractivity contribution in [2.24, 2.45) is 0 Å². The van der Waals surface area contributed by atoms with E-state index < -0.39 is 0 Å². The molecule has 0 aliphatic heterocycles. The van der Waals surface area contributed by atoms with Crippen molar-refractivity contribution in [3.05, 3.63) is 5.01 Å². The monoisotopic (exact) mass is 245 g/mol. The molecule has 15 heavy (non-hydrogen) atoms. The Hall–Kier alpha value is -0.620. The molecule has 1 aromatic rings. The van der Waals surface area contributed by atoms with Gasteiger partial charge in [-0.2, -0.15) is 0 Å². The predicted molar refractivity (Wildman–Crippen MR) is 63.5 cm³/mol. The molecule has 4 nitrogen and oxygen atoms in total. The summed E-state index contributed by atoms with van der Waals surface area (Å²) in [6.07, 6.45) is 2.08. The second-order valence-electron chi connectivity index (χ2n) is 2.92. The lowest BCUT2D eigenvalue weighted by molar-refractivity contribution is 0.0952. The van der Waals surface area contributed by atoms with Crippen molar-refractivity contribution in [1.82, 2.24) is 15.5 Å². The maximum absolute atomic E-state index is 11.5. The van der Waals surface area contributed by atoms with Gasteiger partial charge in [-0.3, -0.25) is 4.79 Å². The molecule has 0 unspecified atom stereocenters. The van der Waals surface area contributed by atoms with E-state index >= 15 is 0 Å². The number of nitrogens with one attached hydrogen (secondary N) is 1. The highest BCUT2D eigenvalue weighted by atomic mass is 32.2. The van der Waals surface area contributed by atoms with Gasteiger partial charge in [-0.25, -0.2) is 0 Å². The zero-order valence-electron chi connectivity index (χ0n) is 8.95. The quantitative estimate of drug-likeness (QED) is 0.616. The van der Waals surface area contributed by atoms with Gasteiger partial charge in [0.15, 0.2) is 4.34 Å². The van der Waals surface area contributed by atoms with Crippen LogP contribution in [0.1, 0.15) is 36.5 Å². The van der Waals surface area contributed by atoms with Crippen LogP contribution in [0.4, 0.5) is 0 Å². The fourth-order valence-electron chi connectivity index (χ4n) is 0.938.